The van der Waals surface area contributed by atoms with Crippen molar-refractivity contribution in [3.05, 3.63) is 41.6 Å². The lowest BCUT2D eigenvalue weighted by Crippen LogP contribution is -1.97. The van der Waals surface area contributed by atoms with E-state index in [2.05, 4.69) is 19.8 Å². The zero-order valence-electron chi connectivity index (χ0n) is 11.5. The Labute approximate surface area is 120 Å². The zero-order valence-corrected chi connectivity index (χ0v) is 11.5. The minimum Gasteiger partial charge on any atom is -0.435 e. The molecule has 0 bridgehead atoms. The van der Waals surface area contributed by atoms with Crippen LogP contribution in [0.3, 0.4) is 0 Å². The molecular weight excluding hydrogens is 268 g/mol. The topological polar surface area (TPSA) is 83.2 Å². The standard InChI is InChI=1S/C14H12N6O/c1-8-4-11(16-2)17-6-10(8)21-12-5-9(15)13-14(19-12)20(3)7-18-13/h4-7H,1,3H3,(H2,15,19). The van der Waals surface area contributed by atoms with Gasteiger partial charge in [-0.1, -0.05) is 6.57 Å². The molecule has 0 aromatic carbocycles. The molecule has 104 valence electrons. The number of anilines is 1. The van der Waals surface area contributed by atoms with Crippen LogP contribution < -0.4 is 10.5 Å². The molecule has 2 N–H and O–H groups in total. The predicted octanol–water partition coefficient (Wildman–Crippen LogP) is 2.60. The van der Waals surface area contributed by atoms with Gasteiger partial charge in [-0.05, 0) is 18.6 Å². The number of nitrogens with zero attached hydrogens (tertiary/aromatic N) is 5. The molecule has 3 rings (SSSR count). The Bertz CT molecular complexity index is 877. The van der Waals surface area contributed by atoms with Crippen LogP contribution in [-0.2, 0) is 7.05 Å². The van der Waals surface area contributed by atoms with Gasteiger partial charge in [0.15, 0.2) is 17.6 Å². The largest absolute Gasteiger partial charge is 0.435 e. The van der Waals surface area contributed by atoms with Crippen molar-refractivity contribution in [2.75, 3.05) is 5.73 Å². The molecular formula is C14H12N6O. The van der Waals surface area contributed by atoms with Crippen LogP contribution in [0.5, 0.6) is 11.6 Å². The molecule has 0 fully saturated rings. The number of nitrogen functional groups attached to an aromatic ring is 1. The smallest absolute Gasteiger partial charge is 0.269 e. The quantitative estimate of drug-likeness (QED) is 0.729. The van der Waals surface area contributed by atoms with Crippen molar-refractivity contribution in [2.24, 2.45) is 7.05 Å². The molecule has 0 aliphatic carbocycles. The van der Waals surface area contributed by atoms with Crippen molar-refractivity contribution in [1.82, 2.24) is 19.5 Å². The monoisotopic (exact) mass is 280 g/mol. The van der Waals surface area contributed by atoms with Crippen LogP contribution in [0.2, 0.25) is 0 Å². The Kier molecular flexibility index (Phi) is 2.92. The SMILES string of the molecule is [C-]#[N+]c1cc(C)c(Oc2cc(N)c3ncn(C)c3n2)cn1. The first kappa shape index (κ1) is 12.9. The second kappa shape index (κ2) is 4.76. The fraction of sp³-hybridized carbons (Fsp3) is 0.143. The number of rotatable bonds is 2. The summed E-state index contributed by atoms with van der Waals surface area (Å²) in [6, 6.07) is 3.28. The fourth-order valence-corrected chi connectivity index (χ4v) is 1.96. The second-order valence-electron chi connectivity index (χ2n) is 4.60. The lowest BCUT2D eigenvalue weighted by Gasteiger charge is -2.07. The van der Waals surface area contributed by atoms with Gasteiger partial charge in [0.05, 0.1) is 12.0 Å². The molecule has 0 amide bonds. The highest BCUT2D eigenvalue weighted by atomic mass is 16.5. The molecule has 21 heavy (non-hydrogen) atoms. The lowest BCUT2D eigenvalue weighted by atomic mass is 10.2. The molecule has 0 atom stereocenters. The van der Waals surface area contributed by atoms with Crippen LogP contribution in [0.1, 0.15) is 5.56 Å². The third kappa shape index (κ3) is 2.23. The first-order chi connectivity index (χ1) is 10.1. The van der Waals surface area contributed by atoms with Gasteiger partial charge in [-0.2, -0.15) is 4.98 Å². The summed E-state index contributed by atoms with van der Waals surface area (Å²) in [5, 5.41) is 0. The van der Waals surface area contributed by atoms with Gasteiger partial charge >= 0.3 is 0 Å². The van der Waals surface area contributed by atoms with Crippen LogP contribution in [0, 0.1) is 13.5 Å². The average Bonchev–Trinajstić information content (AvgIpc) is 2.83. The van der Waals surface area contributed by atoms with Crippen molar-refractivity contribution in [3.63, 3.8) is 0 Å². The van der Waals surface area contributed by atoms with E-state index < -0.39 is 0 Å². The van der Waals surface area contributed by atoms with E-state index in [0.29, 0.717) is 34.3 Å². The van der Waals surface area contributed by atoms with Gasteiger partial charge in [0.1, 0.15) is 5.52 Å². The fourth-order valence-electron chi connectivity index (χ4n) is 1.96. The van der Waals surface area contributed by atoms with Gasteiger partial charge < -0.3 is 19.9 Å². The number of ether oxygens (including phenoxy) is 1. The minimum atomic E-state index is 0.328. The van der Waals surface area contributed by atoms with Crippen LogP contribution in [0.25, 0.3) is 16.0 Å². The van der Waals surface area contributed by atoms with Gasteiger partial charge in [0.25, 0.3) is 5.82 Å². The van der Waals surface area contributed by atoms with Gasteiger partial charge in [-0.25, -0.2) is 4.98 Å². The van der Waals surface area contributed by atoms with Gasteiger partial charge in [-0.3, -0.25) is 0 Å². The number of imidazole rings is 1. The normalized spacial score (nSPS) is 10.5. The van der Waals surface area contributed by atoms with Gasteiger partial charge in [0.2, 0.25) is 5.88 Å². The predicted molar refractivity (Wildman–Crippen MR) is 78.2 cm³/mol. The average molecular weight is 280 g/mol. The van der Waals surface area contributed by atoms with Gasteiger partial charge in [-0.15, -0.1) is 4.98 Å². The minimum absolute atomic E-state index is 0.328. The molecule has 0 aliphatic heterocycles. The molecule has 3 aromatic rings. The number of nitrogens with two attached hydrogens (primary N) is 1. The number of aromatic nitrogens is 4. The summed E-state index contributed by atoms with van der Waals surface area (Å²) in [7, 11) is 1.84. The van der Waals surface area contributed by atoms with Crippen LogP contribution in [-0.4, -0.2) is 19.5 Å². The summed E-state index contributed by atoms with van der Waals surface area (Å²) in [5.74, 6) is 1.23. The van der Waals surface area contributed by atoms with Crippen LogP contribution >= 0.6 is 0 Å². The lowest BCUT2D eigenvalue weighted by molar-refractivity contribution is 0.459. The van der Waals surface area contributed by atoms with Crippen molar-refractivity contribution < 1.29 is 4.74 Å². The molecule has 0 aliphatic rings. The highest BCUT2D eigenvalue weighted by molar-refractivity contribution is 5.84. The molecule has 7 heteroatoms. The van der Waals surface area contributed by atoms with E-state index >= 15 is 0 Å². The zero-order chi connectivity index (χ0) is 15.0. The van der Waals surface area contributed by atoms with Crippen LogP contribution in [0.4, 0.5) is 11.5 Å². The molecule has 0 radical (unpaired) electrons. The molecule has 3 aromatic heterocycles. The van der Waals surface area contributed by atoms with E-state index in [1.165, 1.54) is 6.20 Å². The second-order valence-corrected chi connectivity index (χ2v) is 4.60. The number of hydrogen-bond acceptors (Lipinski definition) is 5. The van der Waals surface area contributed by atoms with E-state index in [4.69, 9.17) is 17.0 Å². The Balaban J connectivity index is 2.02. The van der Waals surface area contributed by atoms with Crippen molar-refractivity contribution in [1.29, 1.82) is 0 Å². The molecule has 0 spiro atoms. The van der Waals surface area contributed by atoms with Crippen LogP contribution in [0.15, 0.2) is 24.7 Å². The summed E-state index contributed by atoms with van der Waals surface area (Å²) < 4.78 is 7.49. The van der Waals surface area contributed by atoms with E-state index in [0.717, 1.165) is 5.56 Å². The molecule has 0 saturated carbocycles. The maximum atomic E-state index is 6.94. The van der Waals surface area contributed by atoms with Gasteiger partial charge in [0, 0.05) is 13.1 Å². The Morgan fingerprint density at radius 1 is 1.33 bits per heavy atom. The third-order valence-electron chi connectivity index (χ3n) is 3.05. The maximum Gasteiger partial charge on any atom is 0.269 e. The summed E-state index contributed by atoms with van der Waals surface area (Å²) in [4.78, 5) is 15.8. The summed E-state index contributed by atoms with van der Waals surface area (Å²) in [5.41, 5.74) is 8.55. The summed E-state index contributed by atoms with van der Waals surface area (Å²) in [6.07, 6.45) is 3.16. The first-order valence-electron chi connectivity index (χ1n) is 6.18. The molecule has 0 saturated heterocycles. The van der Waals surface area contributed by atoms with E-state index in [1.54, 1.807) is 23.0 Å². The van der Waals surface area contributed by atoms with Crippen molar-refractivity contribution in [2.45, 2.75) is 6.92 Å². The van der Waals surface area contributed by atoms with E-state index in [1.807, 2.05) is 14.0 Å². The molecule has 3 heterocycles. The Hall–Kier alpha value is -3.14. The number of pyridine rings is 2. The summed E-state index contributed by atoms with van der Waals surface area (Å²) in [6.45, 7) is 8.78. The summed E-state index contributed by atoms with van der Waals surface area (Å²) >= 11 is 0. The van der Waals surface area contributed by atoms with E-state index in [9.17, 15) is 0 Å². The third-order valence-corrected chi connectivity index (χ3v) is 3.05. The Morgan fingerprint density at radius 3 is 2.86 bits per heavy atom. The highest BCUT2D eigenvalue weighted by Gasteiger charge is 2.11. The first-order valence-corrected chi connectivity index (χ1v) is 6.18. The molecule has 7 nitrogen and oxygen atoms in total. The number of hydrogen-bond donors (Lipinski definition) is 1. The maximum absolute atomic E-state index is 6.94. The number of fused-ring (bicyclic) bond motifs is 1. The Morgan fingerprint density at radius 2 is 2.14 bits per heavy atom. The van der Waals surface area contributed by atoms with E-state index in [-0.39, 0.29) is 0 Å². The molecule has 0 unspecified atom stereocenters. The van der Waals surface area contributed by atoms with Crippen molar-refractivity contribution in [3.8, 4) is 11.6 Å². The highest BCUT2D eigenvalue weighted by Crippen LogP contribution is 2.28. The number of aryl methyl sites for hydroxylation is 2. The van der Waals surface area contributed by atoms with Crippen molar-refractivity contribution >= 4 is 22.7 Å².